The third kappa shape index (κ3) is 1.94. The lowest BCUT2D eigenvalue weighted by atomic mass is 10.1. The lowest BCUT2D eigenvalue weighted by Gasteiger charge is -2.17. The number of aliphatic hydroxyl groups is 1. The van der Waals surface area contributed by atoms with Crippen molar-refractivity contribution in [2.45, 2.75) is 25.7 Å². The van der Waals surface area contributed by atoms with Gasteiger partial charge in [-0.2, -0.15) is 4.98 Å². The fourth-order valence-corrected chi connectivity index (χ4v) is 1.99. The summed E-state index contributed by atoms with van der Waals surface area (Å²) < 4.78 is 6.98. The molecule has 2 rings (SSSR count). The van der Waals surface area contributed by atoms with E-state index < -0.39 is 5.69 Å². The second kappa shape index (κ2) is 4.23. The van der Waals surface area contributed by atoms with Crippen molar-refractivity contribution in [3.05, 3.63) is 22.7 Å². The van der Waals surface area contributed by atoms with Gasteiger partial charge >= 0.3 is 5.69 Å². The van der Waals surface area contributed by atoms with Crippen LogP contribution in [-0.4, -0.2) is 27.4 Å². The first kappa shape index (κ1) is 11.1. The first-order chi connectivity index (χ1) is 7.61. The van der Waals surface area contributed by atoms with Crippen molar-refractivity contribution in [1.29, 1.82) is 0 Å². The smallest absolute Gasteiger partial charge is 0.351 e. The molecule has 0 amide bonds. The third-order valence-corrected chi connectivity index (χ3v) is 2.78. The summed E-state index contributed by atoms with van der Waals surface area (Å²) in [6.45, 7) is 1.95. The molecule has 2 heterocycles. The zero-order chi connectivity index (χ0) is 11.7. The number of nitrogens with zero attached hydrogens (tertiary/aromatic N) is 2. The van der Waals surface area contributed by atoms with E-state index in [0.717, 1.165) is 6.42 Å². The monoisotopic (exact) mass is 225 g/mol. The molecule has 1 saturated heterocycles. The molecule has 0 spiro atoms. The van der Waals surface area contributed by atoms with Crippen LogP contribution in [0.4, 0.5) is 5.82 Å². The minimum atomic E-state index is -0.421. The quantitative estimate of drug-likeness (QED) is 0.723. The SMILES string of the molecule is CC1CC(CO)OC1n1ccc(N)nc1=O. The normalized spacial score (nSPS) is 29.5. The number of aliphatic hydroxyl groups excluding tert-OH is 1. The van der Waals surface area contributed by atoms with E-state index in [2.05, 4.69) is 4.98 Å². The van der Waals surface area contributed by atoms with E-state index in [1.165, 1.54) is 4.57 Å². The maximum atomic E-state index is 11.6. The third-order valence-electron chi connectivity index (χ3n) is 2.78. The van der Waals surface area contributed by atoms with Crippen LogP contribution in [0.5, 0.6) is 0 Å². The van der Waals surface area contributed by atoms with Crippen LogP contribution < -0.4 is 11.4 Å². The second-order valence-corrected chi connectivity index (χ2v) is 4.09. The Bertz CT molecular complexity index is 432. The van der Waals surface area contributed by atoms with Gasteiger partial charge in [0.25, 0.3) is 0 Å². The largest absolute Gasteiger partial charge is 0.394 e. The minimum absolute atomic E-state index is 0.0298. The van der Waals surface area contributed by atoms with Gasteiger partial charge in [-0.1, -0.05) is 6.92 Å². The molecule has 6 heteroatoms. The molecule has 1 aliphatic heterocycles. The van der Waals surface area contributed by atoms with E-state index >= 15 is 0 Å². The molecule has 1 aliphatic rings. The standard InChI is InChI=1S/C10H15N3O3/c1-6-4-7(5-14)16-9(6)13-3-2-8(11)12-10(13)15/h2-3,6-7,9,14H,4-5H2,1H3,(H2,11,12,15). The molecule has 0 aliphatic carbocycles. The van der Waals surface area contributed by atoms with Crippen LogP contribution in [0.1, 0.15) is 19.6 Å². The highest BCUT2D eigenvalue weighted by molar-refractivity contribution is 5.23. The van der Waals surface area contributed by atoms with E-state index in [9.17, 15) is 4.79 Å². The van der Waals surface area contributed by atoms with E-state index in [4.69, 9.17) is 15.6 Å². The Balaban J connectivity index is 2.28. The molecular formula is C10H15N3O3. The van der Waals surface area contributed by atoms with E-state index in [0.29, 0.717) is 0 Å². The summed E-state index contributed by atoms with van der Waals surface area (Å²) in [5.41, 5.74) is 4.99. The maximum Gasteiger partial charge on any atom is 0.351 e. The molecule has 6 nitrogen and oxygen atoms in total. The predicted molar refractivity (Wildman–Crippen MR) is 57.7 cm³/mol. The number of hydrogen-bond donors (Lipinski definition) is 2. The average molecular weight is 225 g/mol. The van der Waals surface area contributed by atoms with Crippen molar-refractivity contribution in [3.8, 4) is 0 Å². The summed E-state index contributed by atoms with van der Waals surface area (Å²) >= 11 is 0. The van der Waals surface area contributed by atoms with Gasteiger partial charge in [-0.3, -0.25) is 4.57 Å². The van der Waals surface area contributed by atoms with Crippen molar-refractivity contribution in [1.82, 2.24) is 9.55 Å². The summed E-state index contributed by atoms with van der Waals surface area (Å²) in [4.78, 5) is 15.2. The highest BCUT2D eigenvalue weighted by atomic mass is 16.5. The number of nitrogen functional groups attached to an aromatic ring is 1. The highest BCUT2D eigenvalue weighted by Crippen LogP contribution is 2.32. The number of ether oxygens (including phenoxy) is 1. The molecular weight excluding hydrogens is 210 g/mol. The van der Waals surface area contributed by atoms with Crippen molar-refractivity contribution in [2.24, 2.45) is 5.92 Å². The number of rotatable bonds is 2. The fraction of sp³-hybridized carbons (Fsp3) is 0.600. The molecule has 1 aromatic heterocycles. The van der Waals surface area contributed by atoms with Gasteiger partial charge in [-0.15, -0.1) is 0 Å². The van der Waals surface area contributed by atoms with Crippen LogP contribution in [0.3, 0.4) is 0 Å². The highest BCUT2D eigenvalue weighted by Gasteiger charge is 2.33. The van der Waals surface area contributed by atoms with Crippen LogP contribution in [0.15, 0.2) is 17.1 Å². The number of nitrogens with two attached hydrogens (primary N) is 1. The maximum absolute atomic E-state index is 11.6. The lowest BCUT2D eigenvalue weighted by Crippen LogP contribution is -2.29. The van der Waals surface area contributed by atoms with Gasteiger partial charge in [0.05, 0.1) is 12.7 Å². The van der Waals surface area contributed by atoms with Crippen LogP contribution in [0.25, 0.3) is 0 Å². The van der Waals surface area contributed by atoms with Gasteiger partial charge in [0, 0.05) is 12.1 Å². The molecule has 1 aromatic rings. The zero-order valence-corrected chi connectivity index (χ0v) is 9.04. The zero-order valence-electron chi connectivity index (χ0n) is 9.04. The molecule has 0 radical (unpaired) electrons. The summed E-state index contributed by atoms with van der Waals surface area (Å²) in [6.07, 6.45) is 1.74. The van der Waals surface area contributed by atoms with Gasteiger partial charge < -0.3 is 15.6 Å². The first-order valence-electron chi connectivity index (χ1n) is 5.23. The Morgan fingerprint density at radius 2 is 2.50 bits per heavy atom. The molecule has 0 bridgehead atoms. The molecule has 3 atom stereocenters. The molecule has 88 valence electrons. The summed E-state index contributed by atoms with van der Waals surface area (Å²) in [6, 6.07) is 1.56. The Hall–Kier alpha value is -1.40. The lowest BCUT2D eigenvalue weighted by molar-refractivity contribution is -0.0335. The van der Waals surface area contributed by atoms with Gasteiger partial charge in [-0.05, 0) is 12.5 Å². The Kier molecular flexibility index (Phi) is 2.93. The number of anilines is 1. The molecule has 16 heavy (non-hydrogen) atoms. The second-order valence-electron chi connectivity index (χ2n) is 4.09. The summed E-state index contributed by atoms with van der Waals surface area (Å²) in [5.74, 6) is 0.367. The Labute approximate surface area is 92.7 Å². The molecule has 0 saturated carbocycles. The number of hydrogen-bond acceptors (Lipinski definition) is 5. The molecule has 0 aromatic carbocycles. The Morgan fingerprint density at radius 3 is 3.06 bits per heavy atom. The summed E-state index contributed by atoms with van der Waals surface area (Å²) in [5, 5.41) is 9.01. The van der Waals surface area contributed by atoms with E-state index in [1.807, 2.05) is 6.92 Å². The molecule has 3 N–H and O–H groups in total. The molecule has 1 fully saturated rings. The minimum Gasteiger partial charge on any atom is -0.394 e. The van der Waals surface area contributed by atoms with Crippen LogP contribution in [-0.2, 0) is 4.74 Å². The van der Waals surface area contributed by atoms with Crippen molar-refractivity contribution < 1.29 is 9.84 Å². The Morgan fingerprint density at radius 1 is 1.75 bits per heavy atom. The van der Waals surface area contributed by atoms with Crippen molar-refractivity contribution in [3.63, 3.8) is 0 Å². The number of aromatic nitrogens is 2. The average Bonchev–Trinajstić information content (AvgIpc) is 2.60. The molecule has 3 unspecified atom stereocenters. The summed E-state index contributed by atoms with van der Waals surface area (Å²) in [7, 11) is 0. The van der Waals surface area contributed by atoms with Crippen LogP contribution in [0.2, 0.25) is 0 Å². The van der Waals surface area contributed by atoms with Crippen molar-refractivity contribution in [2.75, 3.05) is 12.3 Å². The van der Waals surface area contributed by atoms with Gasteiger partial charge in [0.2, 0.25) is 0 Å². The van der Waals surface area contributed by atoms with Gasteiger partial charge in [0.15, 0.2) is 0 Å². The van der Waals surface area contributed by atoms with Gasteiger partial charge in [0.1, 0.15) is 12.0 Å². The van der Waals surface area contributed by atoms with E-state index in [-0.39, 0.29) is 30.7 Å². The van der Waals surface area contributed by atoms with Gasteiger partial charge in [-0.25, -0.2) is 4.79 Å². The fourth-order valence-electron chi connectivity index (χ4n) is 1.99. The first-order valence-corrected chi connectivity index (χ1v) is 5.23. The van der Waals surface area contributed by atoms with Crippen LogP contribution in [0, 0.1) is 5.92 Å². The predicted octanol–water partition coefficient (Wildman–Crippen LogP) is -0.259. The van der Waals surface area contributed by atoms with Crippen LogP contribution >= 0.6 is 0 Å². The van der Waals surface area contributed by atoms with Crippen molar-refractivity contribution >= 4 is 5.82 Å². The van der Waals surface area contributed by atoms with E-state index in [1.54, 1.807) is 12.3 Å². The topological polar surface area (TPSA) is 90.4 Å².